The topological polar surface area (TPSA) is 14.1 Å². The number of rotatable bonds is 0. The van der Waals surface area contributed by atoms with Crippen molar-refractivity contribution in [3.63, 3.8) is 0 Å². The van der Waals surface area contributed by atoms with E-state index in [1.807, 2.05) is 6.07 Å². The summed E-state index contributed by atoms with van der Waals surface area (Å²) in [5.74, 6) is 0. The Balaban J connectivity index is 2.54. The predicted octanol–water partition coefficient (Wildman–Crippen LogP) is 0.575. The zero-order chi connectivity index (χ0) is 6.10. The number of fused-ring (bicyclic) bond motifs is 1. The first-order valence-corrected chi connectivity index (χ1v) is 3.32. The van der Waals surface area contributed by atoms with Gasteiger partial charge in [-0.25, -0.2) is 0 Å². The summed E-state index contributed by atoms with van der Waals surface area (Å²) in [6.45, 7) is 0. The average molecular weight is 118 g/mol. The highest BCUT2D eigenvalue weighted by Gasteiger charge is 2.18. The molecule has 0 N–H and O–H groups in total. The maximum atomic E-state index is 4.13. The molecule has 1 aromatic rings. The van der Waals surface area contributed by atoms with Crippen LogP contribution in [0.5, 0.6) is 0 Å². The van der Waals surface area contributed by atoms with Crippen LogP contribution >= 0.6 is 0 Å². The maximum Gasteiger partial charge on any atom is 0.320 e. The lowest BCUT2D eigenvalue weighted by Gasteiger charge is -1.77. The minimum atomic E-state index is 1.16. The second kappa shape index (κ2) is 1.73. The van der Waals surface area contributed by atoms with Gasteiger partial charge in [-0.15, -0.1) is 0 Å². The van der Waals surface area contributed by atoms with Gasteiger partial charge in [-0.2, -0.15) is 0 Å². The van der Waals surface area contributed by atoms with E-state index in [0.29, 0.717) is 0 Å². The van der Waals surface area contributed by atoms with Crippen molar-refractivity contribution in [3.05, 3.63) is 29.6 Å². The first kappa shape index (κ1) is 4.81. The van der Waals surface area contributed by atoms with Crippen LogP contribution in [0.4, 0.5) is 0 Å². The molecule has 0 aromatic carbocycles. The summed E-state index contributed by atoms with van der Waals surface area (Å²) in [5, 5.41) is 0. The Labute approximate surface area is 54.7 Å². The molecule has 0 fully saturated rings. The van der Waals surface area contributed by atoms with E-state index >= 15 is 0 Å². The molecule has 0 radical (unpaired) electrons. The van der Waals surface area contributed by atoms with Crippen molar-refractivity contribution >= 4 is 0 Å². The first-order valence-electron chi connectivity index (χ1n) is 3.32. The molecule has 0 saturated carbocycles. The van der Waals surface area contributed by atoms with Crippen LogP contribution in [0.3, 0.4) is 0 Å². The Bertz CT molecular complexity index is 195. The number of hydrogen-bond acceptors (Lipinski definition) is 0. The van der Waals surface area contributed by atoms with Crippen LogP contribution < -0.4 is 4.98 Å². The first-order chi connectivity index (χ1) is 4.47. The summed E-state index contributed by atoms with van der Waals surface area (Å²) >= 11 is 0. The third kappa shape index (κ3) is 0.675. The van der Waals surface area contributed by atoms with Crippen molar-refractivity contribution in [2.45, 2.75) is 19.3 Å². The molecule has 1 heterocycles. The van der Waals surface area contributed by atoms with Crippen molar-refractivity contribution in [1.82, 2.24) is 0 Å². The van der Waals surface area contributed by atoms with Gasteiger partial charge in [-0.1, -0.05) is 0 Å². The molecule has 1 nitrogen and oxygen atoms in total. The molecule has 2 rings (SSSR count). The second-order valence-electron chi connectivity index (χ2n) is 2.40. The summed E-state index contributed by atoms with van der Waals surface area (Å²) in [6, 6.07) is 4.01. The minimum Gasteiger partial charge on any atom is -0.0378 e. The molecule has 1 aromatic heterocycles. The van der Waals surface area contributed by atoms with Crippen molar-refractivity contribution < 1.29 is 4.98 Å². The van der Waals surface area contributed by atoms with Gasteiger partial charge in [-0.3, -0.25) is 0 Å². The Morgan fingerprint density at radius 2 is 2.44 bits per heavy atom. The lowest BCUT2D eigenvalue weighted by Crippen LogP contribution is -1.99. The third-order valence-corrected chi connectivity index (χ3v) is 1.79. The molecule has 0 amide bonds. The summed E-state index contributed by atoms with van der Waals surface area (Å²) in [5.41, 5.74) is 2.69. The normalized spacial score (nSPS) is 14.7. The molecule has 9 heavy (non-hydrogen) atoms. The summed E-state index contributed by atoms with van der Waals surface area (Å²) in [6.07, 6.45) is 6.50. The zero-order valence-corrected chi connectivity index (χ0v) is 5.22. The molecule has 0 atom stereocenters. The molecule has 0 aliphatic heterocycles. The van der Waals surface area contributed by atoms with Gasteiger partial charge in [0.2, 0.25) is 0 Å². The van der Waals surface area contributed by atoms with Gasteiger partial charge in [-0.05, 0) is 23.9 Å². The molecule has 1 heteroatoms. The monoisotopic (exact) mass is 118 g/mol. The van der Waals surface area contributed by atoms with Crippen LogP contribution in [0, 0.1) is 6.20 Å². The van der Waals surface area contributed by atoms with E-state index in [4.69, 9.17) is 0 Å². The molecular formula is C8H8N+. The highest BCUT2D eigenvalue weighted by Crippen LogP contribution is 2.14. The van der Waals surface area contributed by atoms with Crippen LogP contribution in [0.1, 0.15) is 17.7 Å². The highest BCUT2D eigenvalue weighted by molar-refractivity contribution is 5.18. The molecule has 0 unspecified atom stereocenters. The summed E-state index contributed by atoms with van der Waals surface area (Å²) < 4.78 is 0. The van der Waals surface area contributed by atoms with E-state index in [1.165, 1.54) is 24.1 Å². The van der Waals surface area contributed by atoms with Crippen molar-refractivity contribution in [2.75, 3.05) is 0 Å². The van der Waals surface area contributed by atoms with Crippen LogP contribution in [-0.2, 0) is 12.8 Å². The van der Waals surface area contributed by atoms with E-state index in [2.05, 4.69) is 17.2 Å². The minimum absolute atomic E-state index is 1.16. The van der Waals surface area contributed by atoms with Gasteiger partial charge in [0, 0.05) is 5.56 Å². The largest absolute Gasteiger partial charge is 0.320 e. The van der Waals surface area contributed by atoms with Gasteiger partial charge in [0.15, 0.2) is 0 Å². The Kier molecular flexibility index (Phi) is 0.927. The molecule has 0 spiro atoms. The van der Waals surface area contributed by atoms with Gasteiger partial charge >= 0.3 is 11.9 Å². The van der Waals surface area contributed by atoms with Crippen LogP contribution in [0.15, 0.2) is 12.1 Å². The number of nitrogens with zero attached hydrogens (tertiary/aromatic N) is 1. The number of hydrogen-bond donors (Lipinski definition) is 0. The van der Waals surface area contributed by atoms with Crippen molar-refractivity contribution in [2.24, 2.45) is 0 Å². The lowest BCUT2D eigenvalue weighted by atomic mass is 10.2. The number of aromatic nitrogens is 1. The summed E-state index contributed by atoms with van der Waals surface area (Å²) in [4.78, 5) is 4.13. The quantitative estimate of drug-likeness (QED) is 0.486. The smallest absolute Gasteiger partial charge is 0.0378 e. The Morgan fingerprint density at radius 1 is 1.44 bits per heavy atom. The molecular weight excluding hydrogens is 110 g/mol. The van der Waals surface area contributed by atoms with Crippen molar-refractivity contribution in [1.29, 1.82) is 0 Å². The van der Waals surface area contributed by atoms with Crippen LogP contribution in [0.25, 0.3) is 0 Å². The molecule has 0 bridgehead atoms. The molecule has 0 saturated heterocycles. The van der Waals surface area contributed by atoms with Gasteiger partial charge < -0.3 is 0 Å². The lowest BCUT2D eigenvalue weighted by molar-refractivity contribution is -0.307. The molecule has 1 aliphatic rings. The van der Waals surface area contributed by atoms with E-state index in [-0.39, 0.29) is 0 Å². The van der Waals surface area contributed by atoms with E-state index < -0.39 is 0 Å². The molecule has 1 aliphatic carbocycles. The predicted molar refractivity (Wildman–Crippen MR) is 32.9 cm³/mol. The second-order valence-corrected chi connectivity index (χ2v) is 2.40. The Hall–Kier alpha value is -1.03. The number of aryl methyl sites for hydroxylation is 1. The fourth-order valence-electron chi connectivity index (χ4n) is 1.31. The fraction of sp³-hybridized carbons (Fsp3) is 0.375. The van der Waals surface area contributed by atoms with E-state index in [1.54, 1.807) is 0 Å². The third-order valence-electron chi connectivity index (χ3n) is 1.79. The van der Waals surface area contributed by atoms with Crippen LogP contribution in [0.2, 0.25) is 0 Å². The highest BCUT2D eigenvalue weighted by atomic mass is 14.6. The molecule has 44 valence electrons. The van der Waals surface area contributed by atoms with Crippen LogP contribution in [-0.4, -0.2) is 0 Å². The zero-order valence-electron chi connectivity index (χ0n) is 5.22. The van der Waals surface area contributed by atoms with Gasteiger partial charge in [0.1, 0.15) is 0 Å². The maximum absolute atomic E-state index is 4.13. The SMILES string of the molecule is c1ccc2c([n+]#1)CCC2. The van der Waals surface area contributed by atoms with E-state index in [0.717, 1.165) is 6.42 Å². The average Bonchev–Trinajstić information content (AvgIpc) is 2.33. The standard InChI is InChI=1S/C8H8N/c1-3-7-4-2-6-9-8(7)5-1/h2,4H,1,3,5H2/q+1. The van der Waals surface area contributed by atoms with E-state index in [9.17, 15) is 0 Å². The fourth-order valence-corrected chi connectivity index (χ4v) is 1.31. The summed E-state index contributed by atoms with van der Waals surface area (Å²) in [7, 11) is 0. The van der Waals surface area contributed by atoms with Crippen molar-refractivity contribution in [3.8, 4) is 0 Å². The van der Waals surface area contributed by atoms with Gasteiger partial charge in [0.25, 0.3) is 0 Å². The Morgan fingerprint density at radius 3 is 3.33 bits per heavy atom. The van der Waals surface area contributed by atoms with Gasteiger partial charge in [0.05, 0.1) is 12.5 Å².